The van der Waals surface area contributed by atoms with E-state index in [2.05, 4.69) is 4.74 Å². The fourth-order valence-corrected chi connectivity index (χ4v) is 2.53. The molecule has 2 aromatic carbocycles. The number of rotatable bonds is 3. The summed E-state index contributed by atoms with van der Waals surface area (Å²) in [7, 11) is 2.62. The molecule has 7 nitrogen and oxygen atoms in total. The van der Waals surface area contributed by atoms with E-state index < -0.39 is 22.8 Å². The lowest BCUT2D eigenvalue weighted by Crippen LogP contribution is -2.25. The minimum Gasteiger partial charge on any atom is -0.508 e. The van der Waals surface area contributed by atoms with Crippen LogP contribution < -0.4 is 10.3 Å². The fourth-order valence-electron chi connectivity index (χ4n) is 2.53. The molecule has 0 bridgehead atoms. The van der Waals surface area contributed by atoms with E-state index in [1.807, 2.05) is 0 Å². The summed E-state index contributed by atoms with van der Waals surface area (Å²) in [5, 5.41) is 20.1. The van der Waals surface area contributed by atoms with Gasteiger partial charge < -0.3 is 24.3 Å². The minimum atomic E-state index is -0.903. The van der Waals surface area contributed by atoms with E-state index in [0.717, 1.165) is 7.11 Å². The highest BCUT2D eigenvalue weighted by atomic mass is 16.5. The molecule has 0 spiro atoms. The van der Waals surface area contributed by atoms with Gasteiger partial charge in [0.15, 0.2) is 5.56 Å². The van der Waals surface area contributed by atoms with Crippen LogP contribution in [0.5, 0.6) is 23.0 Å². The van der Waals surface area contributed by atoms with Gasteiger partial charge in [0.1, 0.15) is 23.0 Å². The standard InChI is InChI=1S/C18H15NO6/c1-19-14-9-12(25-11-5-3-4-10(20)8-11)6-7-13(14)16(21)15(17(19)22)18(23)24-2/h3-9,20-21H,1-2H3. The first-order valence-electron chi connectivity index (χ1n) is 7.33. The van der Waals surface area contributed by atoms with Gasteiger partial charge in [-0.3, -0.25) is 4.79 Å². The van der Waals surface area contributed by atoms with Crippen LogP contribution in [0.3, 0.4) is 0 Å². The number of pyridine rings is 1. The molecule has 0 aliphatic rings. The average molecular weight is 341 g/mol. The Kier molecular flexibility index (Phi) is 4.06. The highest BCUT2D eigenvalue weighted by Crippen LogP contribution is 2.31. The summed E-state index contributed by atoms with van der Waals surface area (Å²) in [4.78, 5) is 24.1. The number of hydrogen-bond acceptors (Lipinski definition) is 6. The van der Waals surface area contributed by atoms with Crippen LogP contribution >= 0.6 is 0 Å². The number of aryl methyl sites for hydroxylation is 1. The van der Waals surface area contributed by atoms with Crippen LogP contribution in [0, 0.1) is 0 Å². The number of esters is 1. The Hall–Kier alpha value is -3.48. The molecule has 128 valence electrons. The van der Waals surface area contributed by atoms with Gasteiger partial charge in [0.2, 0.25) is 0 Å². The molecule has 0 amide bonds. The number of carbonyl (C=O) groups excluding carboxylic acids is 1. The zero-order chi connectivity index (χ0) is 18.1. The summed E-state index contributed by atoms with van der Waals surface area (Å²) in [6, 6.07) is 10.9. The van der Waals surface area contributed by atoms with Crippen molar-refractivity contribution in [1.29, 1.82) is 0 Å². The number of aromatic nitrogens is 1. The van der Waals surface area contributed by atoms with Gasteiger partial charge in [0, 0.05) is 24.6 Å². The number of nitrogens with zero attached hydrogens (tertiary/aromatic N) is 1. The largest absolute Gasteiger partial charge is 0.508 e. The summed E-state index contributed by atoms with van der Waals surface area (Å²) < 4.78 is 11.4. The van der Waals surface area contributed by atoms with Crippen molar-refractivity contribution >= 4 is 16.9 Å². The van der Waals surface area contributed by atoms with Gasteiger partial charge in [0.25, 0.3) is 5.56 Å². The van der Waals surface area contributed by atoms with Gasteiger partial charge >= 0.3 is 5.97 Å². The monoisotopic (exact) mass is 341 g/mol. The van der Waals surface area contributed by atoms with Crippen molar-refractivity contribution in [2.24, 2.45) is 7.05 Å². The first-order valence-corrected chi connectivity index (χ1v) is 7.33. The molecular weight excluding hydrogens is 326 g/mol. The van der Waals surface area contributed by atoms with Gasteiger partial charge in [-0.05, 0) is 24.3 Å². The van der Waals surface area contributed by atoms with Crippen LogP contribution in [-0.4, -0.2) is 27.9 Å². The number of ether oxygens (including phenoxy) is 2. The second-order valence-corrected chi connectivity index (χ2v) is 5.36. The van der Waals surface area contributed by atoms with Crippen molar-refractivity contribution in [3.63, 3.8) is 0 Å². The number of fused-ring (bicyclic) bond motifs is 1. The number of benzene rings is 2. The van der Waals surface area contributed by atoms with E-state index in [1.54, 1.807) is 24.3 Å². The first kappa shape index (κ1) is 16.4. The van der Waals surface area contributed by atoms with Crippen molar-refractivity contribution in [3.8, 4) is 23.0 Å². The molecule has 7 heteroatoms. The van der Waals surface area contributed by atoms with Gasteiger partial charge in [-0.25, -0.2) is 4.79 Å². The Morgan fingerprint density at radius 2 is 1.80 bits per heavy atom. The lowest BCUT2D eigenvalue weighted by molar-refractivity contribution is 0.0595. The smallest absolute Gasteiger partial charge is 0.347 e. The lowest BCUT2D eigenvalue weighted by Gasteiger charge is -2.12. The summed E-state index contributed by atoms with van der Waals surface area (Å²) >= 11 is 0. The summed E-state index contributed by atoms with van der Waals surface area (Å²) in [5.74, 6) is -0.460. The lowest BCUT2D eigenvalue weighted by atomic mass is 10.1. The zero-order valence-electron chi connectivity index (χ0n) is 13.5. The number of phenolic OH excluding ortho intramolecular Hbond substituents is 1. The van der Waals surface area contributed by atoms with Crippen molar-refractivity contribution < 1.29 is 24.5 Å². The number of carbonyl (C=O) groups is 1. The summed E-state index contributed by atoms with van der Waals surface area (Å²) in [5.41, 5.74) is -0.710. The second-order valence-electron chi connectivity index (χ2n) is 5.36. The average Bonchev–Trinajstić information content (AvgIpc) is 2.59. The van der Waals surface area contributed by atoms with Crippen molar-refractivity contribution in [2.75, 3.05) is 7.11 Å². The molecule has 1 aromatic heterocycles. The van der Waals surface area contributed by atoms with Gasteiger partial charge in [-0.2, -0.15) is 0 Å². The van der Waals surface area contributed by atoms with Gasteiger partial charge in [-0.15, -0.1) is 0 Å². The minimum absolute atomic E-state index is 0.0612. The third-order valence-electron chi connectivity index (χ3n) is 3.78. The van der Waals surface area contributed by atoms with E-state index in [-0.39, 0.29) is 5.75 Å². The first-order chi connectivity index (χ1) is 11.9. The van der Waals surface area contributed by atoms with Crippen LogP contribution in [-0.2, 0) is 11.8 Å². The van der Waals surface area contributed by atoms with Crippen LogP contribution in [0.25, 0.3) is 10.9 Å². The molecule has 0 aliphatic carbocycles. The van der Waals surface area contributed by atoms with Gasteiger partial charge in [-0.1, -0.05) is 6.07 Å². The normalized spacial score (nSPS) is 10.6. The third-order valence-corrected chi connectivity index (χ3v) is 3.78. The van der Waals surface area contributed by atoms with E-state index >= 15 is 0 Å². The molecule has 0 saturated heterocycles. The second kappa shape index (κ2) is 6.20. The Morgan fingerprint density at radius 3 is 2.48 bits per heavy atom. The molecule has 1 heterocycles. The fraction of sp³-hybridized carbons (Fsp3) is 0.111. The number of phenols is 1. The van der Waals surface area contributed by atoms with E-state index in [1.165, 1.54) is 29.8 Å². The van der Waals surface area contributed by atoms with E-state index in [9.17, 15) is 19.8 Å². The van der Waals surface area contributed by atoms with Crippen molar-refractivity contribution in [2.45, 2.75) is 0 Å². The maximum Gasteiger partial charge on any atom is 0.347 e. The number of aromatic hydroxyl groups is 2. The Bertz CT molecular complexity index is 1040. The molecule has 3 aromatic rings. The molecule has 0 saturated carbocycles. The van der Waals surface area contributed by atoms with Crippen LogP contribution in [0.15, 0.2) is 47.3 Å². The van der Waals surface area contributed by atoms with Crippen molar-refractivity contribution in [1.82, 2.24) is 4.57 Å². The van der Waals surface area contributed by atoms with Crippen LogP contribution in [0.2, 0.25) is 0 Å². The van der Waals surface area contributed by atoms with Crippen LogP contribution in [0.4, 0.5) is 0 Å². The summed E-state index contributed by atoms with van der Waals surface area (Å²) in [6.07, 6.45) is 0. The topological polar surface area (TPSA) is 98.0 Å². The predicted molar refractivity (Wildman–Crippen MR) is 90.4 cm³/mol. The molecule has 0 unspecified atom stereocenters. The highest BCUT2D eigenvalue weighted by molar-refractivity contribution is 5.99. The molecule has 0 aliphatic heterocycles. The third kappa shape index (κ3) is 2.87. The van der Waals surface area contributed by atoms with E-state index in [0.29, 0.717) is 22.4 Å². The molecule has 3 rings (SSSR count). The summed E-state index contributed by atoms with van der Waals surface area (Å²) in [6.45, 7) is 0. The van der Waals surface area contributed by atoms with Crippen molar-refractivity contribution in [3.05, 3.63) is 58.4 Å². The van der Waals surface area contributed by atoms with E-state index in [4.69, 9.17) is 4.74 Å². The Labute approximate surface area is 142 Å². The highest BCUT2D eigenvalue weighted by Gasteiger charge is 2.22. The molecule has 25 heavy (non-hydrogen) atoms. The van der Waals surface area contributed by atoms with Gasteiger partial charge in [0.05, 0.1) is 12.6 Å². The quantitative estimate of drug-likeness (QED) is 0.711. The zero-order valence-corrected chi connectivity index (χ0v) is 13.5. The maximum atomic E-state index is 12.3. The Balaban J connectivity index is 2.14. The number of methoxy groups -OCH3 is 1. The number of hydrogen-bond donors (Lipinski definition) is 2. The molecule has 0 atom stereocenters. The van der Waals surface area contributed by atoms with Crippen LogP contribution in [0.1, 0.15) is 10.4 Å². The maximum absolute atomic E-state index is 12.3. The molecule has 0 radical (unpaired) electrons. The Morgan fingerprint density at radius 1 is 1.08 bits per heavy atom. The molecule has 0 fully saturated rings. The molecular formula is C18H15NO6. The predicted octanol–water partition coefficient (Wildman–Crippen LogP) is 2.53. The molecule has 2 N–H and O–H groups in total. The SMILES string of the molecule is COC(=O)c1c(O)c2ccc(Oc3cccc(O)c3)cc2n(C)c1=O.